The quantitative estimate of drug-likeness (QED) is 0.313. The van der Waals surface area contributed by atoms with Gasteiger partial charge >= 0.3 is 17.9 Å². The molecule has 1 heterocycles. The summed E-state index contributed by atoms with van der Waals surface area (Å²) in [6.45, 7) is 9.00. The number of allylic oxidation sites excluding steroid dienone is 1. The van der Waals surface area contributed by atoms with Gasteiger partial charge in [-0.15, -0.1) is 0 Å². The van der Waals surface area contributed by atoms with Gasteiger partial charge in [-0.3, -0.25) is 9.59 Å². The van der Waals surface area contributed by atoms with Crippen LogP contribution in [0.2, 0.25) is 0 Å². The number of rotatable bonds is 6. The van der Waals surface area contributed by atoms with Crippen molar-refractivity contribution in [1.82, 2.24) is 0 Å². The highest BCUT2D eigenvalue weighted by Gasteiger charge is 2.42. The Kier molecular flexibility index (Phi) is 8.20. The lowest BCUT2D eigenvalue weighted by Gasteiger charge is -2.24. The lowest BCUT2D eigenvalue weighted by atomic mass is 9.85. The molecule has 0 aromatic rings. The molecular formula is C22H30O7. The van der Waals surface area contributed by atoms with Gasteiger partial charge in [0.05, 0.1) is 17.9 Å². The van der Waals surface area contributed by atoms with Gasteiger partial charge in [0.1, 0.15) is 19.3 Å². The van der Waals surface area contributed by atoms with E-state index in [-0.39, 0.29) is 37.1 Å². The topological polar surface area (TPSA) is 99.1 Å². The Balaban J connectivity index is 2.20. The van der Waals surface area contributed by atoms with Gasteiger partial charge in [0.15, 0.2) is 0 Å². The fourth-order valence-corrected chi connectivity index (χ4v) is 3.36. The molecule has 1 fully saturated rings. The van der Waals surface area contributed by atoms with Crippen LogP contribution in [0.1, 0.15) is 46.5 Å². The Morgan fingerprint density at radius 2 is 2.00 bits per heavy atom. The Labute approximate surface area is 171 Å². The summed E-state index contributed by atoms with van der Waals surface area (Å²) in [5, 5.41) is 10.8. The molecule has 160 valence electrons. The van der Waals surface area contributed by atoms with Crippen molar-refractivity contribution in [2.24, 2.45) is 11.8 Å². The van der Waals surface area contributed by atoms with Gasteiger partial charge in [0, 0.05) is 12.5 Å². The van der Waals surface area contributed by atoms with Crippen molar-refractivity contribution in [2.75, 3.05) is 13.2 Å². The molecule has 0 aromatic heterocycles. The Bertz CT molecular complexity index is 719. The SMILES string of the molecule is C=C1C(=O)O[C@@H]2/C=C(\COC(C)=O)CC/C=C(\COC(=O)C(C)CC)C[C@@H](O)[C@@H]12. The molecule has 1 aliphatic carbocycles. The summed E-state index contributed by atoms with van der Waals surface area (Å²) >= 11 is 0. The number of hydrogen-bond acceptors (Lipinski definition) is 7. The van der Waals surface area contributed by atoms with Crippen LogP contribution >= 0.6 is 0 Å². The average Bonchev–Trinajstić information content (AvgIpc) is 2.95. The third-order valence-electron chi connectivity index (χ3n) is 5.32. The lowest BCUT2D eigenvalue weighted by molar-refractivity contribution is -0.147. The zero-order valence-electron chi connectivity index (χ0n) is 17.3. The Hall–Kier alpha value is -2.41. The van der Waals surface area contributed by atoms with E-state index in [1.807, 2.05) is 13.0 Å². The van der Waals surface area contributed by atoms with E-state index < -0.39 is 30.1 Å². The summed E-state index contributed by atoms with van der Waals surface area (Å²) < 4.78 is 15.9. The van der Waals surface area contributed by atoms with Gasteiger partial charge in [0.2, 0.25) is 0 Å². The Morgan fingerprint density at radius 1 is 1.31 bits per heavy atom. The molecule has 0 amide bonds. The van der Waals surface area contributed by atoms with Gasteiger partial charge < -0.3 is 19.3 Å². The summed E-state index contributed by atoms with van der Waals surface area (Å²) in [5.41, 5.74) is 1.77. The minimum Gasteiger partial charge on any atom is -0.461 e. The zero-order chi connectivity index (χ0) is 21.6. The number of carbonyl (C=O) groups excluding carboxylic acids is 3. The van der Waals surface area contributed by atoms with Gasteiger partial charge in [-0.25, -0.2) is 4.79 Å². The first-order valence-corrected chi connectivity index (χ1v) is 9.98. The van der Waals surface area contributed by atoms with E-state index in [1.165, 1.54) is 6.92 Å². The van der Waals surface area contributed by atoms with Crippen LogP contribution < -0.4 is 0 Å². The molecule has 1 N–H and O–H groups in total. The average molecular weight is 406 g/mol. The summed E-state index contributed by atoms with van der Waals surface area (Å²) in [6.07, 6.45) is 4.21. The lowest BCUT2D eigenvalue weighted by Crippen LogP contribution is -2.30. The van der Waals surface area contributed by atoms with Crippen molar-refractivity contribution in [1.29, 1.82) is 0 Å². The molecule has 4 atom stereocenters. The van der Waals surface area contributed by atoms with Crippen LogP contribution in [0.25, 0.3) is 0 Å². The second-order valence-corrected chi connectivity index (χ2v) is 7.62. The Morgan fingerprint density at radius 3 is 2.66 bits per heavy atom. The van der Waals surface area contributed by atoms with Crippen LogP contribution in [-0.2, 0) is 28.6 Å². The number of ether oxygens (including phenoxy) is 3. The fourth-order valence-electron chi connectivity index (χ4n) is 3.36. The molecule has 2 aliphatic rings. The van der Waals surface area contributed by atoms with Crippen molar-refractivity contribution in [3.8, 4) is 0 Å². The minimum absolute atomic E-state index is 0.0852. The van der Waals surface area contributed by atoms with Crippen LogP contribution in [0.15, 0.2) is 35.5 Å². The van der Waals surface area contributed by atoms with E-state index >= 15 is 0 Å². The highest BCUT2D eigenvalue weighted by Crippen LogP contribution is 2.34. The second-order valence-electron chi connectivity index (χ2n) is 7.62. The second kappa shape index (κ2) is 10.4. The van der Waals surface area contributed by atoms with Crippen molar-refractivity contribution in [3.05, 3.63) is 35.5 Å². The largest absolute Gasteiger partial charge is 0.461 e. The predicted molar refractivity (Wildman–Crippen MR) is 106 cm³/mol. The van der Waals surface area contributed by atoms with E-state index in [0.29, 0.717) is 19.3 Å². The summed E-state index contributed by atoms with van der Waals surface area (Å²) in [6, 6.07) is 0. The van der Waals surface area contributed by atoms with Crippen molar-refractivity contribution < 1.29 is 33.7 Å². The number of carbonyl (C=O) groups is 3. The van der Waals surface area contributed by atoms with Crippen LogP contribution in [0.3, 0.4) is 0 Å². The van der Waals surface area contributed by atoms with E-state index in [2.05, 4.69) is 6.58 Å². The summed E-state index contributed by atoms with van der Waals surface area (Å²) in [7, 11) is 0. The predicted octanol–water partition coefficient (Wildman–Crippen LogP) is 2.63. The molecule has 1 unspecified atom stereocenters. The molecule has 1 saturated heterocycles. The normalized spacial score (nSPS) is 29.4. The smallest absolute Gasteiger partial charge is 0.334 e. The van der Waals surface area contributed by atoms with Crippen molar-refractivity contribution in [3.63, 3.8) is 0 Å². The molecule has 7 nitrogen and oxygen atoms in total. The van der Waals surface area contributed by atoms with E-state index in [4.69, 9.17) is 14.2 Å². The number of hydrogen-bond donors (Lipinski definition) is 1. The third kappa shape index (κ3) is 6.29. The van der Waals surface area contributed by atoms with Crippen LogP contribution in [0.5, 0.6) is 0 Å². The van der Waals surface area contributed by atoms with Gasteiger partial charge in [-0.05, 0) is 42.9 Å². The summed E-state index contributed by atoms with van der Waals surface area (Å²) in [4.78, 5) is 35.2. The minimum atomic E-state index is -0.920. The maximum absolute atomic E-state index is 12.0. The van der Waals surface area contributed by atoms with Crippen LogP contribution in [-0.4, -0.2) is 48.4 Å². The highest BCUT2D eigenvalue weighted by atomic mass is 16.6. The molecule has 29 heavy (non-hydrogen) atoms. The van der Waals surface area contributed by atoms with Gasteiger partial charge in [-0.2, -0.15) is 0 Å². The van der Waals surface area contributed by atoms with Crippen molar-refractivity contribution >= 4 is 17.9 Å². The third-order valence-corrected chi connectivity index (χ3v) is 5.32. The number of fused-ring (bicyclic) bond motifs is 1. The van der Waals surface area contributed by atoms with E-state index in [9.17, 15) is 19.5 Å². The van der Waals surface area contributed by atoms with Crippen LogP contribution in [0.4, 0.5) is 0 Å². The summed E-state index contributed by atoms with van der Waals surface area (Å²) in [5.74, 6) is -2.03. The number of esters is 3. The van der Waals surface area contributed by atoms with Crippen LogP contribution in [0, 0.1) is 11.8 Å². The molecule has 0 saturated carbocycles. The first-order valence-electron chi connectivity index (χ1n) is 9.98. The van der Waals surface area contributed by atoms with Gasteiger partial charge in [-0.1, -0.05) is 26.5 Å². The zero-order valence-corrected chi connectivity index (χ0v) is 17.3. The first kappa shape index (κ1) is 22.9. The molecule has 1 aliphatic heterocycles. The molecule has 0 aromatic carbocycles. The van der Waals surface area contributed by atoms with E-state index in [0.717, 1.165) is 11.1 Å². The van der Waals surface area contributed by atoms with Crippen molar-refractivity contribution in [2.45, 2.75) is 58.7 Å². The number of aliphatic hydroxyl groups excluding tert-OH is 1. The maximum atomic E-state index is 12.0. The molecule has 7 heteroatoms. The van der Waals surface area contributed by atoms with Gasteiger partial charge in [0.25, 0.3) is 0 Å². The molecular weight excluding hydrogens is 376 g/mol. The first-order chi connectivity index (χ1) is 13.7. The maximum Gasteiger partial charge on any atom is 0.334 e. The monoisotopic (exact) mass is 406 g/mol. The molecule has 0 spiro atoms. The van der Waals surface area contributed by atoms with E-state index in [1.54, 1.807) is 13.0 Å². The molecule has 0 bridgehead atoms. The highest BCUT2D eigenvalue weighted by molar-refractivity contribution is 5.91. The standard InChI is InChI=1S/C22H30O7/c1-5-13(2)21(25)28-12-16-7-6-8-17(11-27-15(4)23)10-19-20(18(24)9-16)14(3)22(26)29-19/h7,10,13,18-20,24H,3,5-6,8-9,11-12H2,1-2,4H3/b16-7-,17-10-/t13?,18-,19-,20-/m1/s1. The molecule has 2 rings (SSSR count). The number of aliphatic hydroxyl groups is 1. The molecule has 0 radical (unpaired) electrons. The fraction of sp³-hybridized carbons (Fsp3) is 0.591.